The first-order valence-electron chi connectivity index (χ1n) is 5.46. The number of carbonyl (C=O) groups is 1. The quantitative estimate of drug-likeness (QED) is 0.849. The Morgan fingerprint density at radius 1 is 1.25 bits per heavy atom. The first-order valence-corrected chi connectivity index (χ1v) is 8.14. The van der Waals surface area contributed by atoms with Crippen molar-refractivity contribution in [1.29, 1.82) is 0 Å². The maximum Gasteiger partial charge on any atom is 0.258 e. The largest absolute Gasteiger partial charge is 0.321 e. The molecule has 0 saturated carbocycles. The first kappa shape index (κ1) is 14.6. The zero-order chi connectivity index (χ0) is 14.8. The molecule has 0 spiro atoms. The van der Waals surface area contributed by atoms with Gasteiger partial charge in [-0.15, -0.1) is 0 Å². The highest BCUT2D eigenvalue weighted by Gasteiger charge is 2.12. The molecule has 20 heavy (non-hydrogen) atoms. The molecular formula is C12H10BrN3O3S. The predicted molar refractivity (Wildman–Crippen MR) is 77.2 cm³/mol. The predicted octanol–water partition coefficient (Wildman–Crippen LogP) is 1.89. The van der Waals surface area contributed by atoms with Crippen molar-refractivity contribution in [2.75, 3.05) is 11.6 Å². The molecule has 0 unspecified atom stereocenters. The van der Waals surface area contributed by atoms with Crippen molar-refractivity contribution in [2.45, 2.75) is 5.03 Å². The SMILES string of the molecule is CS(=O)(=O)c1ccc(NC(=O)c2cccnc2Br)cn1. The lowest BCUT2D eigenvalue weighted by atomic mass is 10.2. The van der Waals surface area contributed by atoms with E-state index in [0.717, 1.165) is 6.26 Å². The van der Waals surface area contributed by atoms with E-state index in [2.05, 4.69) is 31.2 Å². The van der Waals surface area contributed by atoms with Crippen LogP contribution < -0.4 is 5.32 Å². The van der Waals surface area contributed by atoms with Gasteiger partial charge in [0.1, 0.15) is 4.60 Å². The Morgan fingerprint density at radius 3 is 2.55 bits per heavy atom. The second kappa shape index (κ2) is 5.68. The minimum absolute atomic E-state index is 0.0435. The molecule has 0 fully saturated rings. The molecule has 2 heterocycles. The third-order valence-electron chi connectivity index (χ3n) is 2.38. The smallest absolute Gasteiger partial charge is 0.258 e. The molecule has 1 amide bonds. The molecule has 2 aromatic rings. The third-order valence-corrected chi connectivity index (χ3v) is 4.01. The number of rotatable bonds is 3. The van der Waals surface area contributed by atoms with Crippen LogP contribution in [0.2, 0.25) is 0 Å². The van der Waals surface area contributed by atoms with Crippen LogP contribution in [0.1, 0.15) is 10.4 Å². The number of aromatic nitrogens is 2. The van der Waals surface area contributed by atoms with Crippen molar-refractivity contribution in [3.05, 3.63) is 46.8 Å². The highest BCUT2D eigenvalue weighted by Crippen LogP contribution is 2.16. The van der Waals surface area contributed by atoms with Gasteiger partial charge < -0.3 is 5.32 Å². The normalized spacial score (nSPS) is 11.1. The summed E-state index contributed by atoms with van der Waals surface area (Å²) in [4.78, 5) is 19.7. The van der Waals surface area contributed by atoms with E-state index in [4.69, 9.17) is 0 Å². The monoisotopic (exact) mass is 355 g/mol. The second-order valence-corrected chi connectivity index (χ2v) is 6.67. The molecule has 6 nitrogen and oxygen atoms in total. The summed E-state index contributed by atoms with van der Waals surface area (Å²) in [7, 11) is -3.35. The Balaban J connectivity index is 2.19. The van der Waals surface area contributed by atoms with Crippen molar-refractivity contribution in [1.82, 2.24) is 9.97 Å². The van der Waals surface area contributed by atoms with Crippen LogP contribution in [0.5, 0.6) is 0 Å². The number of anilines is 1. The lowest BCUT2D eigenvalue weighted by molar-refractivity contribution is 0.102. The van der Waals surface area contributed by atoms with Gasteiger partial charge in [0, 0.05) is 12.5 Å². The van der Waals surface area contributed by atoms with Gasteiger partial charge in [-0.3, -0.25) is 4.79 Å². The molecule has 0 radical (unpaired) electrons. The van der Waals surface area contributed by atoms with Crippen LogP contribution in [0.3, 0.4) is 0 Å². The Bertz CT molecular complexity index is 745. The first-order chi connectivity index (χ1) is 9.38. The Kier molecular flexibility index (Phi) is 4.15. The van der Waals surface area contributed by atoms with E-state index in [9.17, 15) is 13.2 Å². The van der Waals surface area contributed by atoms with Gasteiger partial charge in [0.25, 0.3) is 5.91 Å². The number of amides is 1. The van der Waals surface area contributed by atoms with E-state index in [1.165, 1.54) is 18.3 Å². The fourth-order valence-electron chi connectivity index (χ4n) is 1.43. The standard InChI is InChI=1S/C12H10BrN3O3S/c1-20(18,19)10-5-4-8(7-15-10)16-12(17)9-3-2-6-14-11(9)13/h2-7H,1H3,(H,16,17). The Morgan fingerprint density at radius 2 is 2.00 bits per heavy atom. The molecule has 104 valence electrons. The molecule has 0 aliphatic carbocycles. The lowest BCUT2D eigenvalue weighted by Crippen LogP contribution is -2.13. The van der Waals surface area contributed by atoms with Gasteiger partial charge in [-0.25, -0.2) is 18.4 Å². The molecule has 0 atom stereocenters. The number of sulfone groups is 1. The minimum Gasteiger partial charge on any atom is -0.321 e. The van der Waals surface area contributed by atoms with E-state index in [1.54, 1.807) is 18.3 Å². The Labute approximate surface area is 124 Å². The zero-order valence-electron chi connectivity index (χ0n) is 10.4. The van der Waals surface area contributed by atoms with E-state index in [1.807, 2.05) is 0 Å². The maximum absolute atomic E-state index is 12.0. The number of pyridine rings is 2. The van der Waals surface area contributed by atoms with Crippen molar-refractivity contribution < 1.29 is 13.2 Å². The van der Waals surface area contributed by atoms with Gasteiger partial charge in [0.15, 0.2) is 14.9 Å². The summed E-state index contributed by atoms with van der Waals surface area (Å²) in [5.74, 6) is -0.362. The zero-order valence-corrected chi connectivity index (χ0v) is 12.8. The number of hydrogen-bond acceptors (Lipinski definition) is 5. The maximum atomic E-state index is 12.0. The van der Waals surface area contributed by atoms with Crippen LogP contribution in [-0.2, 0) is 9.84 Å². The van der Waals surface area contributed by atoms with E-state index >= 15 is 0 Å². The average Bonchev–Trinajstić information content (AvgIpc) is 2.38. The van der Waals surface area contributed by atoms with Gasteiger partial charge in [-0.2, -0.15) is 0 Å². The number of halogens is 1. The van der Waals surface area contributed by atoms with Crippen LogP contribution in [-0.4, -0.2) is 30.5 Å². The van der Waals surface area contributed by atoms with Gasteiger partial charge >= 0.3 is 0 Å². The molecule has 2 aromatic heterocycles. The summed E-state index contributed by atoms with van der Waals surface area (Å²) < 4.78 is 23.0. The number of hydrogen-bond donors (Lipinski definition) is 1. The van der Waals surface area contributed by atoms with Crippen LogP contribution >= 0.6 is 15.9 Å². The summed E-state index contributed by atoms with van der Waals surface area (Å²) in [6, 6.07) is 6.07. The fourth-order valence-corrected chi connectivity index (χ4v) is 2.42. The molecular weight excluding hydrogens is 346 g/mol. The molecule has 0 aliphatic rings. The van der Waals surface area contributed by atoms with Gasteiger partial charge in [0.2, 0.25) is 0 Å². The third kappa shape index (κ3) is 3.40. The van der Waals surface area contributed by atoms with Crippen molar-refractivity contribution in [3.63, 3.8) is 0 Å². The molecule has 0 saturated heterocycles. The summed E-state index contributed by atoms with van der Waals surface area (Å²) in [5.41, 5.74) is 0.776. The van der Waals surface area contributed by atoms with Crippen LogP contribution in [0.15, 0.2) is 46.3 Å². The van der Waals surface area contributed by atoms with Crippen molar-refractivity contribution in [3.8, 4) is 0 Å². The minimum atomic E-state index is -3.35. The van der Waals surface area contributed by atoms with Crippen LogP contribution in [0, 0.1) is 0 Å². The van der Waals surface area contributed by atoms with Gasteiger partial charge in [0.05, 0.1) is 17.4 Å². The van der Waals surface area contributed by atoms with Crippen molar-refractivity contribution >= 4 is 37.4 Å². The summed E-state index contributed by atoms with van der Waals surface area (Å²) in [5, 5.41) is 2.57. The topological polar surface area (TPSA) is 89.0 Å². The number of nitrogens with one attached hydrogen (secondary N) is 1. The molecule has 2 rings (SSSR count). The lowest BCUT2D eigenvalue weighted by Gasteiger charge is -2.06. The average molecular weight is 356 g/mol. The fraction of sp³-hybridized carbons (Fsp3) is 0.0833. The summed E-state index contributed by atoms with van der Waals surface area (Å²) in [6.45, 7) is 0. The van der Waals surface area contributed by atoms with Crippen LogP contribution in [0.4, 0.5) is 5.69 Å². The molecule has 0 bridgehead atoms. The summed E-state index contributed by atoms with van der Waals surface area (Å²) >= 11 is 3.18. The van der Waals surface area contributed by atoms with E-state index < -0.39 is 9.84 Å². The highest BCUT2D eigenvalue weighted by molar-refractivity contribution is 9.10. The second-order valence-electron chi connectivity index (χ2n) is 3.95. The van der Waals surface area contributed by atoms with Gasteiger partial charge in [-0.1, -0.05) is 0 Å². The summed E-state index contributed by atoms with van der Waals surface area (Å²) in [6.07, 6.45) is 3.92. The molecule has 8 heteroatoms. The number of nitrogens with zero attached hydrogens (tertiary/aromatic N) is 2. The van der Waals surface area contributed by atoms with Gasteiger partial charge in [-0.05, 0) is 40.2 Å². The molecule has 0 aromatic carbocycles. The Hall–Kier alpha value is -1.80. The van der Waals surface area contributed by atoms with Crippen molar-refractivity contribution in [2.24, 2.45) is 0 Å². The highest BCUT2D eigenvalue weighted by atomic mass is 79.9. The van der Waals surface area contributed by atoms with E-state index in [-0.39, 0.29) is 10.9 Å². The van der Waals surface area contributed by atoms with E-state index in [0.29, 0.717) is 15.9 Å². The molecule has 1 N–H and O–H groups in total. The number of carbonyl (C=O) groups excluding carboxylic acids is 1. The molecule has 0 aliphatic heterocycles. The van der Waals surface area contributed by atoms with Crippen LogP contribution in [0.25, 0.3) is 0 Å².